The number of pyridine rings is 2. The number of amides is 5. The Morgan fingerprint density at radius 3 is 1.48 bits per heavy atom. The Balaban J connectivity index is 0.00000871. The summed E-state index contributed by atoms with van der Waals surface area (Å²) in [6.45, 7) is 5.97. The number of aromatic nitrogens is 2. The maximum atomic E-state index is 13.7. The van der Waals surface area contributed by atoms with Gasteiger partial charge >= 0.3 is 6.09 Å². The summed E-state index contributed by atoms with van der Waals surface area (Å²) in [7, 11) is 0. The van der Waals surface area contributed by atoms with Crippen LogP contribution >= 0.6 is 0 Å². The summed E-state index contributed by atoms with van der Waals surface area (Å²) in [5.74, 6) is -2.79. The zero-order valence-corrected chi connectivity index (χ0v) is 34.9. The van der Waals surface area contributed by atoms with E-state index in [4.69, 9.17) is 19.1 Å². The summed E-state index contributed by atoms with van der Waals surface area (Å²) in [6, 6.07) is 23.0. The summed E-state index contributed by atoms with van der Waals surface area (Å²) >= 11 is 0. The monoisotopic (exact) mass is 872 g/mol. The van der Waals surface area contributed by atoms with Crippen molar-refractivity contribution in [2.45, 2.75) is 47.0 Å². The third-order valence-corrected chi connectivity index (χ3v) is 9.03. The quantitative estimate of drug-likeness (QED) is 0.161. The molecule has 338 valence electrons. The fourth-order valence-corrected chi connectivity index (χ4v) is 5.97. The van der Waals surface area contributed by atoms with Gasteiger partial charge in [-0.25, -0.2) is 4.79 Å². The van der Waals surface area contributed by atoms with E-state index < -0.39 is 46.4 Å². The molecule has 2 aromatic heterocycles. The van der Waals surface area contributed by atoms with Gasteiger partial charge in [0.15, 0.2) is 0 Å². The molecule has 0 saturated carbocycles. The van der Waals surface area contributed by atoms with Gasteiger partial charge < -0.3 is 45.7 Å². The van der Waals surface area contributed by atoms with E-state index in [1.807, 2.05) is 17.0 Å². The van der Waals surface area contributed by atoms with Gasteiger partial charge in [0.2, 0.25) is 0 Å². The highest BCUT2D eigenvalue weighted by Gasteiger charge is 2.23. The second-order valence-electron chi connectivity index (χ2n) is 14.9. The number of rotatable bonds is 9. The minimum absolute atomic E-state index is 0. The van der Waals surface area contributed by atoms with Gasteiger partial charge in [-0.3, -0.25) is 33.7 Å². The van der Waals surface area contributed by atoms with Gasteiger partial charge in [-0.05, 0) is 56.2 Å². The van der Waals surface area contributed by atoms with E-state index >= 15 is 0 Å². The van der Waals surface area contributed by atoms with Crippen molar-refractivity contribution in [2.75, 3.05) is 65.6 Å². The number of alkyl carbamates (subject to hydrolysis) is 1. The first-order valence-electron chi connectivity index (χ1n) is 20.1. The molecule has 4 aliphatic rings. The Bertz CT molecular complexity index is 2150. The Labute approximate surface area is 364 Å². The van der Waals surface area contributed by atoms with Crippen molar-refractivity contribution in [3.05, 3.63) is 139 Å². The number of carbonyl (C=O) groups excluding carboxylic acids is 5. The molecule has 5 N–H and O–H groups in total. The Morgan fingerprint density at radius 2 is 1.05 bits per heavy atom. The first kappa shape index (κ1) is 48.7. The van der Waals surface area contributed by atoms with Crippen LogP contribution in [0.4, 0.5) is 4.79 Å². The Kier molecular flexibility index (Phi) is 18.4. The van der Waals surface area contributed by atoms with Crippen molar-refractivity contribution in [3.63, 3.8) is 0 Å². The number of ether oxygens (including phenoxy) is 2. The number of hydrogen-bond donors (Lipinski definition) is 5. The van der Waals surface area contributed by atoms with Gasteiger partial charge in [-0.2, -0.15) is 0 Å². The van der Waals surface area contributed by atoms with Crippen LogP contribution < -0.4 is 47.4 Å². The van der Waals surface area contributed by atoms with E-state index in [1.165, 1.54) is 24.3 Å². The number of nitrogens with zero attached hydrogens (tertiary/aromatic N) is 3. The molecule has 2 aromatic carbocycles. The highest BCUT2D eigenvalue weighted by atomic mass is 16.7. The van der Waals surface area contributed by atoms with Crippen molar-refractivity contribution >= 4 is 29.7 Å². The summed E-state index contributed by atoms with van der Waals surface area (Å²) in [5, 5.41) is 13.5. The molecule has 0 unspecified atom stereocenters. The maximum absolute atomic E-state index is 13.7. The molecular weight excluding hydrogens is 817 g/mol. The molecule has 0 atom stereocenters. The summed E-state index contributed by atoms with van der Waals surface area (Å²) in [4.78, 5) is 107. The van der Waals surface area contributed by atoms with E-state index in [-0.39, 0.29) is 109 Å². The molecule has 8 rings (SSSR count). The first-order chi connectivity index (χ1) is 29.8. The third kappa shape index (κ3) is 14.9. The molecule has 0 spiro atoms. The smallest absolute Gasteiger partial charge is 0.407 e. The normalized spacial score (nSPS) is 14.9. The van der Waals surface area contributed by atoms with E-state index in [1.54, 1.807) is 69.3 Å². The SMILES string of the molecule is C.CC(C)(C)OC(=O)NCCN1CCNC(=O)c2ccc(n(OCc3ccccc3)c2=O)C(=O)NCCOCCNC(=O)c2ccc(c(=O)n2OCc2ccccc2)C(=O)NCC1. The van der Waals surface area contributed by atoms with Gasteiger partial charge in [0.25, 0.3) is 34.7 Å². The topological polar surface area (TPSA) is 230 Å². The predicted octanol–water partition coefficient (Wildman–Crippen LogP) is 1.38. The fourth-order valence-electron chi connectivity index (χ4n) is 5.97. The second-order valence-corrected chi connectivity index (χ2v) is 14.9. The molecular formula is C44H56N8O11. The number of benzene rings is 2. The van der Waals surface area contributed by atoms with Crippen molar-refractivity contribution in [3.8, 4) is 0 Å². The minimum atomic E-state index is -0.863. The third-order valence-electron chi connectivity index (χ3n) is 9.03. The fraction of sp³-hybridized carbons (Fsp3) is 0.386. The van der Waals surface area contributed by atoms with Crippen LogP contribution in [0.2, 0.25) is 0 Å². The molecule has 6 heterocycles. The first-order valence-corrected chi connectivity index (χ1v) is 20.1. The summed E-state index contributed by atoms with van der Waals surface area (Å²) < 4.78 is 12.5. The van der Waals surface area contributed by atoms with E-state index in [0.29, 0.717) is 11.1 Å². The van der Waals surface area contributed by atoms with Gasteiger partial charge in [-0.15, -0.1) is 9.46 Å². The van der Waals surface area contributed by atoms with Crippen molar-refractivity contribution in [1.82, 2.24) is 40.9 Å². The van der Waals surface area contributed by atoms with E-state index in [9.17, 15) is 33.6 Å². The van der Waals surface area contributed by atoms with Gasteiger partial charge in [0.05, 0.1) is 13.2 Å². The van der Waals surface area contributed by atoms with E-state index in [0.717, 1.165) is 9.46 Å². The molecule has 4 aromatic rings. The van der Waals surface area contributed by atoms with Gasteiger partial charge in [0.1, 0.15) is 41.3 Å². The van der Waals surface area contributed by atoms with Crippen LogP contribution in [-0.4, -0.2) is 115 Å². The molecule has 0 saturated heterocycles. The van der Waals surface area contributed by atoms with Crippen LogP contribution in [0.5, 0.6) is 0 Å². The van der Waals surface area contributed by atoms with Crippen molar-refractivity contribution in [2.24, 2.45) is 0 Å². The lowest BCUT2D eigenvalue weighted by atomic mass is 10.2. The van der Waals surface area contributed by atoms with Crippen LogP contribution in [0.15, 0.2) is 94.5 Å². The lowest BCUT2D eigenvalue weighted by Crippen LogP contribution is -2.45. The highest BCUT2D eigenvalue weighted by molar-refractivity contribution is 5.97. The summed E-state index contributed by atoms with van der Waals surface area (Å²) in [6.07, 6.45) is -0.629. The highest BCUT2D eigenvalue weighted by Crippen LogP contribution is 2.08. The van der Waals surface area contributed by atoms with Crippen molar-refractivity contribution in [1.29, 1.82) is 0 Å². The van der Waals surface area contributed by atoms with Crippen LogP contribution in [0.1, 0.15) is 81.0 Å². The molecule has 4 aliphatic heterocycles. The average Bonchev–Trinajstić information content (AvgIpc) is 3.24. The molecule has 0 radical (unpaired) electrons. The maximum Gasteiger partial charge on any atom is 0.407 e. The minimum Gasteiger partial charge on any atom is -0.444 e. The Hall–Kier alpha value is -6.99. The molecule has 63 heavy (non-hydrogen) atoms. The Morgan fingerprint density at radius 1 is 0.619 bits per heavy atom. The number of carbonyl (C=O) groups is 5. The molecule has 4 bridgehead atoms. The molecule has 19 heteroatoms. The molecule has 19 nitrogen and oxygen atoms in total. The lowest BCUT2D eigenvalue weighted by molar-refractivity contribution is 0.0521. The molecule has 0 fully saturated rings. The van der Waals surface area contributed by atoms with Crippen LogP contribution in [0.3, 0.4) is 0 Å². The average molecular weight is 873 g/mol. The predicted molar refractivity (Wildman–Crippen MR) is 232 cm³/mol. The van der Waals surface area contributed by atoms with Crippen LogP contribution in [0.25, 0.3) is 0 Å². The zero-order chi connectivity index (χ0) is 44.5. The van der Waals surface area contributed by atoms with Crippen LogP contribution in [0, 0.1) is 0 Å². The van der Waals surface area contributed by atoms with Crippen LogP contribution in [-0.2, 0) is 22.7 Å². The summed E-state index contributed by atoms with van der Waals surface area (Å²) in [5.41, 5.74) is -1.90. The van der Waals surface area contributed by atoms with E-state index in [2.05, 4.69) is 26.6 Å². The van der Waals surface area contributed by atoms with Gasteiger partial charge in [-0.1, -0.05) is 68.1 Å². The van der Waals surface area contributed by atoms with Gasteiger partial charge in [0, 0.05) is 52.4 Å². The lowest BCUT2D eigenvalue weighted by Gasteiger charge is -2.24. The standard InChI is InChI=1S/C43H52N8O11.CH4/c1-43(2,3)62-42(58)48-20-25-49-23-18-44-36(52)32-14-16-34(50(40(32)56)60-28-30-10-6-4-7-11-30)38(54)46-21-26-59-27-22-47-39(55)35-17-15-33(37(53)45-19-24-49)41(57)51(35)61-29-31-12-8-5-9-13-31;/h4-17H,18-29H2,1-3H3,(H,44,52)(H,45,53)(H,46,54)(H,47,55)(H,48,58);1H4. The zero-order valence-electron chi connectivity index (χ0n) is 34.9. The largest absolute Gasteiger partial charge is 0.444 e. The number of hydrogen-bond acceptors (Lipinski definition) is 12. The molecule has 0 aliphatic carbocycles. The number of nitrogens with one attached hydrogen (secondary N) is 5. The molecule has 5 amide bonds. The second kappa shape index (κ2) is 23.9. The van der Waals surface area contributed by atoms with Crippen molar-refractivity contribution < 1.29 is 43.1 Å².